The highest BCUT2D eigenvalue weighted by Crippen LogP contribution is 2.39. The Labute approximate surface area is 98.1 Å². The molecule has 0 aliphatic carbocycles. The van der Waals surface area contributed by atoms with Gasteiger partial charge in [-0.05, 0) is 22.6 Å². The minimum absolute atomic E-state index is 0.0521. The van der Waals surface area contributed by atoms with Crippen LogP contribution in [-0.4, -0.2) is 23.4 Å². The van der Waals surface area contributed by atoms with Crippen molar-refractivity contribution in [2.24, 2.45) is 0 Å². The highest BCUT2D eigenvalue weighted by Gasteiger charge is 2.23. The van der Waals surface area contributed by atoms with Crippen molar-refractivity contribution >= 4 is 34.6 Å². The van der Waals surface area contributed by atoms with E-state index in [1.807, 2.05) is 0 Å². The molecule has 0 spiro atoms. The molecule has 1 rings (SSSR count). The van der Waals surface area contributed by atoms with Crippen molar-refractivity contribution in [1.82, 2.24) is 0 Å². The smallest absolute Gasteiger partial charge is 0.313 e. The lowest BCUT2D eigenvalue weighted by atomic mass is 10.2. The number of rotatable bonds is 3. The molecule has 1 N–H and O–H groups in total. The molecule has 0 fully saturated rings. The molecule has 0 saturated carbocycles. The van der Waals surface area contributed by atoms with Crippen LogP contribution in [0.1, 0.15) is 10.4 Å². The lowest BCUT2D eigenvalue weighted by Crippen LogP contribution is -1.98. The zero-order chi connectivity index (χ0) is 11.6. The van der Waals surface area contributed by atoms with Crippen LogP contribution in [0.5, 0.6) is 11.5 Å². The standard InChI is InChI=1S/C8H6INO5/c1-15-8-5(10(13)14)2-4(3-11)7(12)6(8)9/h2-3,12H,1H3. The molecule has 0 saturated heterocycles. The van der Waals surface area contributed by atoms with Crippen LogP contribution in [0.2, 0.25) is 0 Å². The van der Waals surface area contributed by atoms with Gasteiger partial charge in [-0.1, -0.05) is 0 Å². The summed E-state index contributed by atoms with van der Waals surface area (Å²) in [5.41, 5.74) is -0.478. The molecule has 7 heteroatoms. The Balaban J connectivity index is 3.58. The Morgan fingerprint density at radius 3 is 2.67 bits per heavy atom. The van der Waals surface area contributed by atoms with Crippen molar-refractivity contribution in [1.29, 1.82) is 0 Å². The Bertz CT molecular complexity index is 432. The Morgan fingerprint density at radius 2 is 2.27 bits per heavy atom. The Hall–Kier alpha value is -1.38. The normalized spacial score (nSPS) is 9.73. The van der Waals surface area contributed by atoms with E-state index in [-0.39, 0.29) is 26.3 Å². The monoisotopic (exact) mass is 323 g/mol. The number of carbonyl (C=O) groups is 1. The van der Waals surface area contributed by atoms with E-state index in [1.165, 1.54) is 7.11 Å². The van der Waals surface area contributed by atoms with Crippen LogP contribution >= 0.6 is 22.6 Å². The molecular weight excluding hydrogens is 317 g/mol. The van der Waals surface area contributed by atoms with Crippen LogP contribution in [-0.2, 0) is 0 Å². The maximum atomic E-state index is 10.6. The number of nitro groups is 1. The SMILES string of the molecule is COc1c([N+](=O)[O-])cc(C=O)c(O)c1I. The molecule has 0 radical (unpaired) electrons. The maximum absolute atomic E-state index is 10.6. The number of phenols is 1. The van der Waals surface area contributed by atoms with Gasteiger partial charge in [0.05, 0.1) is 17.6 Å². The molecule has 0 aromatic heterocycles. The average molecular weight is 323 g/mol. The number of nitrogens with zero attached hydrogens (tertiary/aromatic N) is 1. The van der Waals surface area contributed by atoms with Crippen molar-refractivity contribution in [3.63, 3.8) is 0 Å². The van der Waals surface area contributed by atoms with Crippen LogP contribution in [0.4, 0.5) is 5.69 Å². The third-order valence-corrected chi connectivity index (χ3v) is 2.73. The summed E-state index contributed by atoms with van der Waals surface area (Å²) >= 11 is 1.67. The van der Waals surface area contributed by atoms with Crippen molar-refractivity contribution in [3.05, 3.63) is 25.3 Å². The molecule has 0 aliphatic rings. The van der Waals surface area contributed by atoms with Gasteiger partial charge in [0.1, 0.15) is 9.32 Å². The lowest BCUT2D eigenvalue weighted by Gasteiger charge is -2.07. The van der Waals surface area contributed by atoms with Gasteiger partial charge >= 0.3 is 5.69 Å². The van der Waals surface area contributed by atoms with Crippen LogP contribution < -0.4 is 4.74 Å². The summed E-state index contributed by atoms with van der Waals surface area (Å²) in [5, 5.41) is 20.1. The second kappa shape index (κ2) is 4.43. The van der Waals surface area contributed by atoms with Crippen molar-refractivity contribution in [3.8, 4) is 11.5 Å². The highest BCUT2D eigenvalue weighted by molar-refractivity contribution is 14.1. The zero-order valence-corrected chi connectivity index (χ0v) is 9.72. The third kappa shape index (κ3) is 2.01. The second-order valence-corrected chi connectivity index (χ2v) is 3.63. The van der Waals surface area contributed by atoms with E-state index in [2.05, 4.69) is 0 Å². The van der Waals surface area contributed by atoms with Crippen molar-refractivity contribution in [2.75, 3.05) is 7.11 Å². The van der Waals surface area contributed by atoms with E-state index in [1.54, 1.807) is 22.6 Å². The number of hydrogen-bond acceptors (Lipinski definition) is 5. The number of aromatic hydroxyl groups is 1. The summed E-state index contributed by atoms with van der Waals surface area (Å²) in [6.07, 6.45) is 0.351. The van der Waals surface area contributed by atoms with Gasteiger partial charge in [-0.3, -0.25) is 14.9 Å². The maximum Gasteiger partial charge on any atom is 0.313 e. The highest BCUT2D eigenvalue weighted by atomic mass is 127. The molecule has 0 bridgehead atoms. The molecule has 0 heterocycles. The van der Waals surface area contributed by atoms with E-state index < -0.39 is 4.92 Å². The topological polar surface area (TPSA) is 89.7 Å². The second-order valence-electron chi connectivity index (χ2n) is 2.56. The van der Waals surface area contributed by atoms with E-state index >= 15 is 0 Å². The van der Waals surface area contributed by atoms with Gasteiger partial charge in [0.15, 0.2) is 6.29 Å². The summed E-state index contributed by atoms with van der Waals surface area (Å²) in [6, 6.07) is 0.976. The van der Waals surface area contributed by atoms with Crippen LogP contribution in [0, 0.1) is 13.7 Å². The first-order chi connectivity index (χ1) is 7.02. The number of phenolic OH excluding ortho intramolecular Hbond substituents is 1. The largest absolute Gasteiger partial charge is 0.506 e. The van der Waals surface area contributed by atoms with Gasteiger partial charge in [-0.25, -0.2) is 0 Å². The van der Waals surface area contributed by atoms with E-state index in [9.17, 15) is 20.0 Å². The van der Waals surface area contributed by atoms with Crippen molar-refractivity contribution in [2.45, 2.75) is 0 Å². The fourth-order valence-corrected chi connectivity index (χ4v) is 1.86. The third-order valence-electron chi connectivity index (χ3n) is 1.73. The van der Waals surface area contributed by atoms with E-state index in [0.29, 0.717) is 6.29 Å². The predicted octanol–water partition coefficient (Wildman–Crippen LogP) is 1.73. The predicted molar refractivity (Wildman–Crippen MR) is 59.4 cm³/mol. The van der Waals surface area contributed by atoms with Crippen molar-refractivity contribution < 1.29 is 19.6 Å². The van der Waals surface area contributed by atoms with Gasteiger partial charge < -0.3 is 9.84 Å². The first-order valence-electron chi connectivity index (χ1n) is 3.72. The summed E-state index contributed by atoms with van der Waals surface area (Å²) < 4.78 is 4.94. The number of aldehydes is 1. The minimum Gasteiger partial charge on any atom is -0.506 e. The van der Waals surface area contributed by atoms with Gasteiger partial charge in [-0.15, -0.1) is 0 Å². The fourth-order valence-electron chi connectivity index (χ4n) is 1.05. The van der Waals surface area contributed by atoms with Crippen LogP contribution in [0.3, 0.4) is 0 Å². The van der Waals surface area contributed by atoms with Gasteiger partial charge in [0.2, 0.25) is 5.75 Å². The number of nitro benzene ring substituents is 1. The molecule has 0 aliphatic heterocycles. The molecule has 1 aromatic rings. The molecule has 0 atom stereocenters. The zero-order valence-electron chi connectivity index (χ0n) is 7.56. The molecule has 15 heavy (non-hydrogen) atoms. The van der Waals surface area contributed by atoms with Crippen LogP contribution in [0.25, 0.3) is 0 Å². The van der Waals surface area contributed by atoms with E-state index in [0.717, 1.165) is 6.07 Å². The first-order valence-corrected chi connectivity index (χ1v) is 4.79. The van der Waals surface area contributed by atoms with Crippen LogP contribution in [0.15, 0.2) is 6.07 Å². The fraction of sp³-hybridized carbons (Fsp3) is 0.125. The summed E-state index contributed by atoms with van der Waals surface area (Å²) in [5.74, 6) is -0.364. The minimum atomic E-state index is -0.673. The molecule has 0 unspecified atom stereocenters. The van der Waals surface area contributed by atoms with Gasteiger partial charge in [0, 0.05) is 6.07 Å². The number of hydrogen-bond donors (Lipinski definition) is 1. The molecule has 1 aromatic carbocycles. The number of methoxy groups -OCH3 is 1. The molecular formula is C8H6INO5. The summed E-state index contributed by atoms with van der Waals surface area (Å²) in [7, 11) is 1.25. The van der Waals surface area contributed by atoms with E-state index in [4.69, 9.17) is 4.74 Å². The van der Waals surface area contributed by atoms with Gasteiger partial charge in [-0.2, -0.15) is 0 Å². The number of benzene rings is 1. The summed E-state index contributed by atoms with van der Waals surface area (Å²) in [4.78, 5) is 20.5. The summed E-state index contributed by atoms with van der Waals surface area (Å²) in [6.45, 7) is 0. The lowest BCUT2D eigenvalue weighted by molar-refractivity contribution is -0.385. The average Bonchev–Trinajstić information content (AvgIpc) is 2.21. The number of halogens is 1. The Kier molecular flexibility index (Phi) is 3.45. The number of ether oxygens (including phenoxy) is 1. The quantitative estimate of drug-likeness (QED) is 0.396. The molecule has 0 amide bonds. The van der Waals surface area contributed by atoms with Gasteiger partial charge in [0.25, 0.3) is 0 Å². The number of carbonyl (C=O) groups excluding carboxylic acids is 1. The molecule has 6 nitrogen and oxygen atoms in total. The molecule has 80 valence electrons. The Morgan fingerprint density at radius 1 is 1.67 bits per heavy atom. The first kappa shape index (κ1) is 11.7.